The van der Waals surface area contributed by atoms with Crippen LogP contribution in [-0.2, 0) is 19.5 Å². The summed E-state index contributed by atoms with van der Waals surface area (Å²) in [6.45, 7) is 0. The molecule has 0 saturated heterocycles. The third-order valence-electron chi connectivity index (χ3n) is 0. The standard InChI is InChI=1S/FH.NO3.Zn/c;2-1(3)4;/h1H;;/q;-1;+2/p-1. The Morgan fingerprint density at radius 1 is 1.33 bits per heavy atom. The summed E-state index contributed by atoms with van der Waals surface area (Å²) < 4.78 is 0. The molecule has 0 saturated carbocycles. The Kier molecular flexibility index (Phi) is 25.2. The number of hydrogen-bond donors (Lipinski definition) is 0. The molecule has 0 fully saturated rings. The Bertz CT molecular complexity index is 33.8. The maximum atomic E-state index is 8.25. The quantitative estimate of drug-likeness (QED) is 0.205. The molecule has 0 atom stereocenters. The van der Waals surface area contributed by atoms with Crippen LogP contribution in [0.2, 0.25) is 0 Å². The van der Waals surface area contributed by atoms with Gasteiger partial charge >= 0.3 is 19.5 Å². The minimum absolute atomic E-state index is 0. The molecule has 0 aromatic heterocycles. The molecular formula is FNO3Zn. The first kappa shape index (κ1) is 17.1. The third kappa shape index (κ3) is 468. The molecule has 6 heteroatoms. The fraction of sp³-hybridized carbons (Fsp3) is 0. The second-order valence-corrected chi connectivity index (χ2v) is 0.224. The van der Waals surface area contributed by atoms with Gasteiger partial charge in [-0.25, -0.2) is 0 Å². The van der Waals surface area contributed by atoms with Crippen molar-refractivity contribution in [3.8, 4) is 0 Å². The smallest absolute Gasteiger partial charge is 1.00 e. The summed E-state index contributed by atoms with van der Waals surface area (Å²) in [5.41, 5.74) is 0. The predicted molar refractivity (Wildman–Crippen MR) is 10.4 cm³/mol. The zero-order valence-corrected chi connectivity index (χ0v) is 5.72. The summed E-state index contributed by atoms with van der Waals surface area (Å²) in [4.78, 5) is 8.25. The number of halogens is 1. The van der Waals surface area contributed by atoms with Gasteiger partial charge in [-0.05, 0) is 0 Å². The van der Waals surface area contributed by atoms with Crippen LogP contribution in [0.15, 0.2) is 0 Å². The minimum atomic E-state index is -1.75. The molecule has 32 valence electrons. The molecule has 0 N–H and O–H groups in total. The van der Waals surface area contributed by atoms with Crippen LogP contribution in [0.5, 0.6) is 0 Å². The molecule has 0 radical (unpaired) electrons. The van der Waals surface area contributed by atoms with Gasteiger partial charge in [-0.3, -0.25) is 0 Å². The van der Waals surface area contributed by atoms with E-state index in [2.05, 4.69) is 0 Å². The maximum Gasteiger partial charge on any atom is 2.00 e. The minimum Gasteiger partial charge on any atom is -1.00 e. The van der Waals surface area contributed by atoms with Crippen LogP contribution in [-0.4, -0.2) is 5.09 Å². The van der Waals surface area contributed by atoms with Crippen molar-refractivity contribution >= 4 is 0 Å². The molecule has 0 unspecified atom stereocenters. The summed E-state index contributed by atoms with van der Waals surface area (Å²) in [5, 5.41) is 14.8. The van der Waals surface area contributed by atoms with Gasteiger partial charge in [0.05, 0.1) is 5.09 Å². The molecule has 0 aliphatic carbocycles. The summed E-state index contributed by atoms with van der Waals surface area (Å²) >= 11 is 0. The van der Waals surface area contributed by atoms with Crippen LogP contribution in [0, 0.1) is 15.3 Å². The molecule has 6 heavy (non-hydrogen) atoms. The van der Waals surface area contributed by atoms with Crippen molar-refractivity contribution in [3.63, 3.8) is 0 Å². The Labute approximate surface area is 45.4 Å². The summed E-state index contributed by atoms with van der Waals surface area (Å²) in [6, 6.07) is 0. The van der Waals surface area contributed by atoms with Crippen LogP contribution in [0.4, 0.5) is 0 Å². The van der Waals surface area contributed by atoms with Crippen molar-refractivity contribution in [2.75, 3.05) is 0 Å². The van der Waals surface area contributed by atoms with Gasteiger partial charge in [0.15, 0.2) is 0 Å². The van der Waals surface area contributed by atoms with Gasteiger partial charge in [0.25, 0.3) is 0 Å². The SMILES string of the molecule is O=[N+]([O-])[O-].[F-].[Zn+2]. The van der Waals surface area contributed by atoms with Crippen LogP contribution >= 0.6 is 0 Å². The molecule has 0 aromatic carbocycles. The number of hydrogen-bond acceptors (Lipinski definition) is 3. The summed E-state index contributed by atoms with van der Waals surface area (Å²) in [7, 11) is 0. The van der Waals surface area contributed by atoms with E-state index in [1.165, 1.54) is 0 Å². The Morgan fingerprint density at radius 3 is 1.33 bits per heavy atom. The molecular weight excluding hydrogens is 146 g/mol. The predicted octanol–water partition coefficient (Wildman–Crippen LogP) is -3.24. The van der Waals surface area contributed by atoms with E-state index in [0.29, 0.717) is 0 Å². The molecule has 0 spiro atoms. The van der Waals surface area contributed by atoms with Gasteiger partial charge in [-0.15, -0.1) is 0 Å². The molecule has 0 rings (SSSR count). The van der Waals surface area contributed by atoms with E-state index in [1.54, 1.807) is 0 Å². The van der Waals surface area contributed by atoms with Crippen molar-refractivity contribution in [3.05, 3.63) is 15.3 Å². The Balaban J connectivity index is -0.0000000450. The van der Waals surface area contributed by atoms with Crippen LogP contribution in [0.3, 0.4) is 0 Å². The van der Waals surface area contributed by atoms with E-state index in [9.17, 15) is 0 Å². The zero-order valence-electron chi connectivity index (χ0n) is 2.76. The molecule has 0 bridgehead atoms. The van der Waals surface area contributed by atoms with Gasteiger partial charge in [0, 0.05) is 0 Å². The van der Waals surface area contributed by atoms with Crippen LogP contribution in [0.25, 0.3) is 0 Å². The molecule has 4 nitrogen and oxygen atoms in total. The Morgan fingerprint density at radius 2 is 1.33 bits per heavy atom. The van der Waals surface area contributed by atoms with Gasteiger partial charge in [-0.1, -0.05) is 0 Å². The third-order valence-corrected chi connectivity index (χ3v) is 0. The Hall–Kier alpha value is -0.247. The first-order valence-corrected chi connectivity index (χ1v) is 0.548. The number of nitrogens with zero attached hydrogens (tertiary/aromatic N) is 1. The monoisotopic (exact) mass is 145 g/mol. The van der Waals surface area contributed by atoms with Gasteiger partial charge < -0.3 is 20.0 Å². The fourth-order valence-electron chi connectivity index (χ4n) is 0. The topological polar surface area (TPSA) is 66.2 Å². The van der Waals surface area contributed by atoms with Crippen LogP contribution < -0.4 is 4.70 Å². The van der Waals surface area contributed by atoms with Crippen molar-refractivity contribution in [1.82, 2.24) is 0 Å². The van der Waals surface area contributed by atoms with Crippen molar-refractivity contribution in [2.24, 2.45) is 0 Å². The second kappa shape index (κ2) is 8.83. The maximum absolute atomic E-state index is 8.25. The van der Waals surface area contributed by atoms with E-state index >= 15 is 0 Å². The molecule has 0 heterocycles. The average Bonchev–Trinajstić information content (AvgIpc) is 0.811. The van der Waals surface area contributed by atoms with Gasteiger partial charge in [-0.2, -0.15) is 0 Å². The normalized spacial score (nSPS) is 4.00. The van der Waals surface area contributed by atoms with E-state index in [1.807, 2.05) is 0 Å². The molecule has 0 aliphatic heterocycles. The van der Waals surface area contributed by atoms with Crippen LogP contribution in [0.1, 0.15) is 0 Å². The van der Waals surface area contributed by atoms with Crippen molar-refractivity contribution < 1.29 is 29.3 Å². The first-order chi connectivity index (χ1) is 1.73. The second-order valence-electron chi connectivity index (χ2n) is 0.224. The summed E-state index contributed by atoms with van der Waals surface area (Å²) in [5.74, 6) is 0. The summed E-state index contributed by atoms with van der Waals surface area (Å²) in [6.07, 6.45) is 0. The van der Waals surface area contributed by atoms with E-state index in [4.69, 9.17) is 15.3 Å². The first-order valence-electron chi connectivity index (χ1n) is 0.548. The van der Waals surface area contributed by atoms with E-state index in [0.717, 1.165) is 0 Å². The van der Waals surface area contributed by atoms with E-state index in [-0.39, 0.29) is 24.2 Å². The largest absolute Gasteiger partial charge is 2.00 e. The van der Waals surface area contributed by atoms with Crippen molar-refractivity contribution in [2.45, 2.75) is 0 Å². The molecule has 0 aliphatic rings. The molecule has 0 aromatic rings. The zero-order chi connectivity index (χ0) is 3.58. The fourth-order valence-corrected chi connectivity index (χ4v) is 0. The van der Waals surface area contributed by atoms with Gasteiger partial charge in [0.1, 0.15) is 0 Å². The average molecular weight is 146 g/mol. The van der Waals surface area contributed by atoms with Crippen molar-refractivity contribution in [1.29, 1.82) is 0 Å². The van der Waals surface area contributed by atoms with Gasteiger partial charge in [0.2, 0.25) is 0 Å². The van der Waals surface area contributed by atoms with E-state index < -0.39 is 5.09 Å². The number of rotatable bonds is 0. The molecule has 0 amide bonds.